The molecule has 4 heteroatoms. The fourth-order valence-electron chi connectivity index (χ4n) is 0.850. The summed E-state index contributed by atoms with van der Waals surface area (Å²) in [6, 6.07) is 3.00. The summed E-state index contributed by atoms with van der Waals surface area (Å²) in [6.45, 7) is 0. The fraction of sp³-hybridized carbons (Fsp3) is 0. The molecule has 1 rings (SSSR count). The summed E-state index contributed by atoms with van der Waals surface area (Å²) in [7, 11) is 0. The van der Waals surface area contributed by atoms with Crippen molar-refractivity contribution in [1.82, 2.24) is 0 Å². The molecule has 0 aliphatic carbocycles. The molecule has 12 heavy (non-hydrogen) atoms. The van der Waals surface area contributed by atoms with Crippen LogP contribution in [0.5, 0.6) is 0 Å². The molecule has 6 N–H and O–H groups in total. The Morgan fingerprint density at radius 1 is 0.917 bits per heavy atom. The molecule has 1 aromatic carbocycles. The fourth-order valence-corrected chi connectivity index (χ4v) is 0.850. The normalized spacial score (nSPS) is 8.67. The van der Waals surface area contributed by atoms with E-state index in [4.69, 9.17) is 22.3 Å². The van der Waals surface area contributed by atoms with Crippen LogP contribution in [0, 0.1) is 10.8 Å². The van der Waals surface area contributed by atoms with Crippen LogP contribution in [0.2, 0.25) is 0 Å². The molecule has 4 nitrogen and oxygen atoms in total. The van der Waals surface area contributed by atoms with Crippen molar-refractivity contribution in [3.05, 3.63) is 22.6 Å². The molecule has 0 unspecified atom stereocenters. The molecule has 0 saturated carbocycles. The van der Waals surface area contributed by atoms with E-state index in [1.807, 2.05) is 0 Å². The number of nitrogen functional groups attached to an aromatic ring is 2. The SMILES string of the molecule is N=C=c1cc(N)c(=C=N)cc1N. The first-order valence-electron chi connectivity index (χ1n) is 3.23. The number of hydrogen-bond acceptors (Lipinski definition) is 4. The molecule has 0 atom stereocenters. The van der Waals surface area contributed by atoms with Gasteiger partial charge in [0.25, 0.3) is 0 Å². The highest BCUT2D eigenvalue weighted by molar-refractivity contribution is 5.67. The maximum atomic E-state index is 6.86. The lowest BCUT2D eigenvalue weighted by molar-refractivity contribution is 1.50. The van der Waals surface area contributed by atoms with Crippen LogP contribution >= 0.6 is 0 Å². The van der Waals surface area contributed by atoms with Crippen LogP contribution in [0.3, 0.4) is 0 Å². The zero-order valence-corrected chi connectivity index (χ0v) is 6.31. The van der Waals surface area contributed by atoms with Crippen molar-refractivity contribution in [2.45, 2.75) is 0 Å². The van der Waals surface area contributed by atoms with Gasteiger partial charge in [0.05, 0.1) is 10.4 Å². The average molecular weight is 160 g/mol. The molecule has 0 aliphatic rings. The van der Waals surface area contributed by atoms with Crippen molar-refractivity contribution in [1.29, 1.82) is 10.8 Å². The van der Waals surface area contributed by atoms with E-state index in [9.17, 15) is 0 Å². The molecule has 0 saturated heterocycles. The Morgan fingerprint density at radius 2 is 1.25 bits per heavy atom. The van der Waals surface area contributed by atoms with Crippen molar-refractivity contribution in [2.24, 2.45) is 0 Å². The Kier molecular flexibility index (Phi) is 1.97. The number of nitrogens with one attached hydrogen (secondary N) is 2. The Bertz CT molecular complexity index is 419. The largest absolute Gasteiger partial charge is 0.398 e. The van der Waals surface area contributed by atoms with Gasteiger partial charge in [-0.05, 0) is 23.9 Å². The first-order valence-corrected chi connectivity index (χ1v) is 3.23. The summed E-state index contributed by atoms with van der Waals surface area (Å²) in [6.07, 6.45) is 0. The van der Waals surface area contributed by atoms with Gasteiger partial charge in [-0.1, -0.05) is 0 Å². The van der Waals surface area contributed by atoms with Crippen molar-refractivity contribution in [3.63, 3.8) is 0 Å². The highest BCUT2D eigenvalue weighted by atomic mass is 14.6. The number of hydrogen-bond donors (Lipinski definition) is 4. The van der Waals surface area contributed by atoms with Gasteiger partial charge in [0.1, 0.15) is 0 Å². The van der Waals surface area contributed by atoms with Gasteiger partial charge in [0.2, 0.25) is 0 Å². The molecule has 60 valence electrons. The molecule has 0 heterocycles. The molecule has 0 aromatic heterocycles. The van der Waals surface area contributed by atoms with Crippen LogP contribution in [0.1, 0.15) is 0 Å². The maximum absolute atomic E-state index is 6.86. The van der Waals surface area contributed by atoms with Crippen molar-refractivity contribution < 1.29 is 0 Å². The van der Waals surface area contributed by atoms with Gasteiger partial charge >= 0.3 is 0 Å². The zero-order valence-electron chi connectivity index (χ0n) is 6.31. The van der Waals surface area contributed by atoms with Gasteiger partial charge in [-0.25, -0.2) is 0 Å². The molecule has 0 amide bonds. The van der Waals surface area contributed by atoms with Gasteiger partial charge in [0.15, 0.2) is 0 Å². The summed E-state index contributed by atoms with van der Waals surface area (Å²) in [5.41, 5.74) is 11.8. The molecular weight excluding hydrogens is 152 g/mol. The topological polar surface area (TPSA) is 99.7 Å². The second-order valence-corrected chi connectivity index (χ2v) is 2.28. The molecule has 1 aromatic rings. The quantitative estimate of drug-likeness (QED) is 0.280. The third kappa shape index (κ3) is 1.20. The number of nitrogens with two attached hydrogens (primary N) is 2. The molecule has 0 bridgehead atoms. The molecule has 0 radical (unpaired) electrons. The molecule has 0 spiro atoms. The van der Waals surface area contributed by atoms with E-state index in [-0.39, 0.29) is 0 Å². The smallest absolute Gasteiger partial charge is 0.0604 e. The first kappa shape index (κ1) is 8.08. The lowest BCUT2D eigenvalue weighted by atomic mass is 10.2. The van der Waals surface area contributed by atoms with Crippen LogP contribution in [-0.2, 0) is 0 Å². The Hall–Kier alpha value is -2.02. The highest BCUT2D eigenvalue weighted by Crippen LogP contribution is 1.90. The van der Waals surface area contributed by atoms with Gasteiger partial charge in [-0.3, -0.25) is 10.8 Å². The number of rotatable bonds is 0. The van der Waals surface area contributed by atoms with E-state index < -0.39 is 0 Å². The van der Waals surface area contributed by atoms with Crippen LogP contribution in [0.15, 0.2) is 12.1 Å². The van der Waals surface area contributed by atoms with Gasteiger partial charge < -0.3 is 11.5 Å². The van der Waals surface area contributed by atoms with Gasteiger partial charge in [0, 0.05) is 11.4 Å². The predicted octanol–water partition coefficient (Wildman–Crippen LogP) is -1.31. The highest BCUT2D eigenvalue weighted by Gasteiger charge is 1.93. The summed E-state index contributed by atoms with van der Waals surface area (Å²) >= 11 is 0. The zero-order chi connectivity index (χ0) is 9.14. The van der Waals surface area contributed by atoms with E-state index in [1.165, 1.54) is 12.1 Å². The minimum absolute atomic E-state index is 0.383. The minimum atomic E-state index is 0.383. The second-order valence-electron chi connectivity index (χ2n) is 2.28. The van der Waals surface area contributed by atoms with Crippen LogP contribution in [0.4, 0.5) is 11.4 Å². The van der Waals surface area contributed by atoms with Crippen molar-refractivity contribution >= 4 is 23.1 Å². The Labute approximate surface area is 68.8 Å². The summed E-state index contributed by atoms with van der Waals surface area (Å²) in [5.74, 6) is 4.29. The number of benzene rings is 1. The maximum Gasteiger partial charge on any atom is 0.0604 e. The summed E-state index contributed by atoms with van der Waals surface area (Å²) < 4.78 is 0. The van der Waals surface area contributed by atoms with Gasteiger partial charge in [-0.15, -0.1) is 0 Å². The molecular formula is C8H8N4. The summed E-state index contributed by atoms with van der Waals surface area (Å²) in [5, 5.41) is 14.6. The second kappa shape index (κ2) is 2.93. The van der Waals surface area contributed by atoms with E-state index in [2.05, 4.69) is 11.7 Å². The van der Waals surface area contributed by atoms with Crippen molar-refractivity contribution in [3.8, 4) is 0 Å². The van der Waals surface area contributed by atoms with Crippen LogP contribution < -0.4 is 21.9 Å². The van der Waals surface area contributed by atoms with E-state index in [0.29, 0.717) is 21.8 Å². The van der Waals surface area contributed by atoms with Crippen LogP contribution in [-0.4, -0.2) is 11.7 Å². The standard InChI is InChI=1S/C8H8N4/c9-3-5-1-7(11)6(4-10)2-8(5)12/h1-2,9-10H,11-12H2. The third-order valence-corrected chi connectivity index (χ3v) is 1.49. The molecule has 0 fully saturated rings. The average Bonchev–Trinajstić information content (AvgIpc) is 2.08. The van der Waals surface area contributed by atoms with E-state index in [0.717, 1.165) is 0 Å². The van der Waals surface area contributed by atoms with E-state index >= 15 is 0 Å². The lowest BCUT2D eigenvalue weighted by Crippen LogP contribution is -2.19. The third-order valence-electron chi connectivity index (χ3n) is 1.49. The minimum Gasteiger partial charge on any atom is -0.398 e. The Balaban J connectivity index is 3.83. The Morgan fingerprint density at radius 3 is 1.50 bits per heavy atom. The lowest BCUT2D eigenvalue weighted by Gasteiger charge is -1.94. The molecule has 0 aliphatic heterocycles. The monoisotopic (exact) mass is 160 g/mol. The van der Waals surface area contributed by atoms with Crippen molar-refractivity contribution in [2.75, 3.05) is 11.5 Å². The first-order chi connectivity index (χ1) is 5.69. The van der Waals surface area contributed by atoms with Gasteiger partial charge in [-0.2, -0.15) is 0 Å². The number of anilines is 2. The van der Waals surface area contributed by atoms with E-state index in [1.54, 1.807) is 0 Å². The van der Waals surface area contributed by atoms with Crippen LogP contribution in [0.25, 0.3) is 0 Å². The predicted molar refractivity (Wildman–Crippen MR) is 48.2 cm³/mol. The summed E-state index contributed by atoms with van der Waals surface area (Å²) in [4.78, 5) is 0.